The maximum absolute atomic E-state index is 13.1. The molecule has 1 fully saturated rings. The van der Waals surface area contributed by atoms with Gasteiger partial charge in [0, 0.05) is 48.5 Å². The van der Waals surface area contributed by atoms with Gasteiger partial charge in [-0.15, -0.1) is 0 Å². The van der Waals surface area contributed by atoms with E-state index < -0.39 is 4.92 Å². The average molecular weight is 454 g/mol. The van der Waals surface area contributed by atoms with Crippen LogP contribution < -0.4 is 4.90 Å². The van der Waals surface area contributed by atoms with Gasteiger partial charge in [0.05, 0.1) is 17.2 Å². The van der Waals surface area contributed by atoms with Gasteiger partial charge in [-0.1, -0.05) is 23.7 Å². The number of amides is 1. The predicted octanol–water partition coefficient (Wildman–Crippen LogP) is 4.07. The largest absolute Gasteiger partial charge is 0.362 e. The summed E-state index contributed by atoms with van der Waals surface area (Å²) < 4.78 is 1.93. The summed E-state index contributed by atoms with van der Waals surface area (Å²) in [5.74, 6) is -0.0366. The molecule has 1 saturated heterocycles. The number of anilines is 1. The summed E-state index contributed by atoms with van der Waals surface area (Å²) in [5, 5.41) is 16.2. The summed E-state index contributed by atoms with van der Waals surface area (Å²) in [6.45, 7) is 6.58. The normalized spacial score (nSPS) is 14.0. The zero-order valence-electron chi connectivity index (χ0n) is 18.0. The van der Waals surface area contributed by atoms with Gasteiger partial charge in [-0.05, 0) is 49.7 Å². The number of benzene rings is 2. The molecule has 1 aliphatic heterocycles. The van der Waals surface area contributed by atoms with Crippen LogP contribution in [0, 0.1) is 24.0 Å². The lowest BCUT2D eigenvalue weighted by Gasteiger charge is -2.36. The standard InChI is InChI=1S/C23H24ClN5O3/c1-16-12-17(2)28(25-16)15-18-4-3-5-19(13-18)23(30)27-10-8-26(9-11-27)21-7-6-20(24)14-22(21)29(31)32/h3-7,12-14H,8-11,15H2,1-2H3. The average Bonchev–Trinajstić information content (AvgIpc) is 3.10. The van der Waals surface area contributed by atoms with Crippen molar-refractivity contribution in [2.45, 2.75) is 20.4 Å². The van der Waals surface area contributed by atoms with Crippen molar-refractivity contribution >= 4 is 28.9 Å². The van der Waals surface area contributed by atoms with Gasteiger partial charge in [0.25, 0.3) is 11.6 Å². The Kier molecular flexibility index (Phi) is 6.14. The van der Waals surface area contributed by atoms with Gasteiger partial charge in [0.1, 0.15) is 5.69 Å². The summed E-state index contributed by atoms with van der Waals surface area (Å²) >= 11 is 5.92. The highest BCUT2D eigenvalue weighted by Gasteiger charge is 2.26. The van der Waals surface area contributed by atoms with Crippen molar-refractivity contribution in [1.82, 2.24) is 14.7 Å². The number of hydrogen-bond donors (Lipinski definition) is 0. The van der Waals surface area contributed by atoms with Gasteiger partial charge >= 0.3 is 0 Å². The molecule has 0 saturated carbocycles. The summed E-state index contributed by atoms with van der Waals surface area (Å²) in [5.41, 5.74) is 4.19. The van der Waals surface area contributed by atoms with E-state index in [0.717, 1.165) is 17.0 Å². The van der Waals surface area contributed by atoms with Crippen molar-refractivity contribution in [3.8, 4) is 0 Å². The first kappa shape index (κ1) is 21.8. The van der Waals surface area contributed by atoms with Gasteiger partial charge < -0.3 is 9.80 Å². The van der Waals surface area contributed by atoms with Gasteiger partial charge in [0.15, 0.2) is 0 Å². The van der Waals surface area contributed by atoms with Crippen LogP contribution in [0.3, 0.4) is 0 Å². The van der Waals surface area contributed by atoms with E-state index in [1.165, 1.54) is 6.07 Å². The molecule has 9 heteroatoms. The summed E-state index contributed by atoms with van der Waals surface area (Å²) in [6.07, 6.45) is 0. The van der Waals surface area contributed by atoms with Crippen LogP contribution >= 0.6 is 11.6 Å². The Hall–Kier alpha value is -3.39. The highest BCUT2D eigenvalue weighted by molar-refractivity contribution is 6.30. The highest BCUT2D eigenvalue weighted by atomic mass is 35.5. The Morgan fingerprint density at radius 2 is 1.84 bits per heavy atom. The van der Waals surface area contributed by atoms with Crippen LogP contribution in [-0.4, -0.2) is 51.7 Å². The minimum Gasteiger partial charge on any atom is -0.362 e. The molecule has 0 unspecified atom stereocenters. The fourth-order valence-electron chi connectivity index (χ4n) is 4.05. The van der Waals surface area contributed by atoms with E-state index in [2.05, 4.69) is 5.10 Å². The number of carbonyl (C=O) groups is 1. The number of aromatic nitrogens is 2. The molecule has 3 aromatic rings. The van der Waals surface area contributed by atoms with Crippen LogP contribution in [0.5, 0.6) is 0 Å². The fourth-order valence-corrected chi connectivity index (χ4v) is 4.22. The quantitative estimate of drug-likeness (QED) is 0.429. The number of nitro benzene ring substituents is 1. The lowest BCUT2D eigenvalue weighted by atomic mass is 10.1. The molecular formula is C23H24ClN5O3. The monoisotopic (exact) mass is 453 g/mol. The SMILES string of the molecule is Cc1cc(C)n(Cc2cccc(C(=O)N3CCN(c4ccc(Cl)cc4[N+](=O)[O-])CC3)c2)n1. The van der Waals surface area contributed by atoms with E-state index in [-0.39, 0.29) is 11.6 Å². The molecule has 1 amide bonds. The first-order chi connectivity index (χ1) is 15.3. The van der Waals surface area contributed by atoms with Crippen LogP contribution in [0.4, 0.5) is 11.4 Å². The number of piperazine rings is 1. The van der Waals surface area contributed by atoms with E-state index in [9.17, 15) is 14.9 Å². The third-order valence-electron chi connectivity index (χ3n) is 5.65. The van der Waals surface area contributed by atoms with Crippen LogP contribution in [0.1, 0.15) is 27.3 Å². The Labute approximate surface area is 191 Å². The Morgan fingerprint density at radius 3 is 2.50 bits per heavy atom. The van der Waals surface area contributed by atoms with E-state index in [0.29, 0.717) is 49.0 Å². The molecule has 2 heterocycles. The van der Waals surface area contributed by atoms with Crippen molar-refractivity contribution < 1.29 is 9.72 Å². The minimum absolute atomic E-state index is 0.0193. The van der Waals surface area contributed by atoms with Crippen LogP contribution in [0.25, 0.3) is 0 Å². The van der Waals surface area contributed by atoms with Gasteiger partial charge in [-0.2, -0.15) is 5.10 Å². The molecule has 1 aliphatic rings. The molecule has 0 bridgehead atoms. The molecule has 0 spiro atoms. The van der Waals surface area contributed by atoms with E-state index in [1.807, 2.05) is 53.8 Å². The van der Waals surface area contributed by atoms with Crippen molar-refractivity contribution in [3.63, 3.8) is 0 Å². The Bertz CT molecular complexity index is 1170. The van der Waals surface area contributed by atoms with Crippen LogP contribution in [0.2, 0.25) is 5.02 Å². The lowest BCUT2D eigenvalue weighted by Crippen LogP contribution is -2.49. The molecular weight excluding hydrogens is 430 g/mol. The molecule has 0 radical (unpaired) electrons. The highest BCUT2D eigenvalue weighted by Crippen LogP contribution is 2.31. The van der Waals surface area contributed by atoms with Crippen LogP contribution in [-0.2, 0) is 6.54 Å². The topological polar surface area (TPSA) is 84.5 Å². The second kappa shape index (κ2) is 9.00. The summed E-state index contributed by atoms with van der Waals surface area (Å²) in [4.78, 5) is 27.8. The first-order valence-corrected chi connectivity index (χ1v) is 10.8. The van der Waals surface area contributed by atoms with Crippen molar-refractivity contribution in [3.05, 3.63) is 86.2 Å². The number of aryl methyl sites for hydroxylation is 2. The zero-order valence-corrected chi connectivity index (χ0v) is 18.7. The molecule has 2 aromatic carbocycles. The predicted molar refractivity (Wildman–Crippen MR) is 123 cm³/mol. The van der Waals surface area contributed by atoms with Gasteiger partial charge in [0.2, 0.25) is 0 Å². The molecule has 8 nitrogen and oxygen atoms in total. The zero-order chi connectivity index (χ0) is 22.8. The molecule has 1 aromatic heterocycles. The third-order valence-corrected chi connectivity index (χ3v) is 5.89. The van der Waals surface area contributed by atoms with E-state index in [4.69, 9.17) is 11.6 Å². The third kappa shape index (κ3) is 4.60. The maximum atomic E-state index is 13.1. The van der Waals surface area contributed by atoms with Crippen LogP contribution in [0.15, 0.2) is 48.5 Å². The van der Waals surface area contributed by atoms with Crippen molar-refractivity contribution in [2.75, 3.05) is 31.1 Å². The molecule has 0 aliphatic carbocycles. The van der Waals surface area contributed by atoms with Crippen molar-refractivity contribution in [1.29, 1.82) is 0 Å². The molecule has 0 atom stereocenters. The van der Waals surface area contributed by atoms with Gasteiger partial charge in [-0.3, -0.25) is 19.6 Å². The Balaban J connectivity index is 1.44. The fraction of sp³-hybridized carbons (Fsp3) is 0.304. The molecule has 0 N–H and O–H groups in total. The van der Waals surface area contributed by atoms with Gasteiger partial charge in [-0.25, -0.2) is 0 Å². The number of nitro groups is 1. The van der Waals surface area contributed by atoms with Crippen molar-refractivity contribution in [2.24, 2.45) is 0 Å². The maximum Gasteiger partial charge on any atom is 0.294 e. The number of halogens is 1. The summed E-state index contributed by atoms with van der Waals surface area (Å²) in [7, 11) is 0. The molecule has 32 heavy (non-hydrogen) atoms. The smallest absolute Gasteiger partial charge is 0.294 e. The Morgan fingerprint density at radius 1 is 1.09 bits per heavy atom. The second-order valence-electron chi connectivity index (χ2n) is 7.95. The molecule has 166 valence electrons. The van der Waals surface area contributed by atoms with E-state index in [1.54, 1.807) is 17.0 Å². The number of rotatable bonds is 5. The molecule has 4 rings (SSSR count). The lowest BCUT2D eigenvalue weighted by molar-refractivity contribution is -0.384. The number of carbonyl (C=O) groups excluding carboxylic acids is 1. The minimum atomic E-state index is -0.424. The summed E-state index contributed by atoms with van der Waals surface area (Å²) in [6, 6.07) is 14.3. The number of hydrogen-bond acceptors (Lipinski definition) is 5. The van der Waals surface area contributed by atoms with E-state index >= 15 is 0 Å². The number of nitrogens with zero attached hydrogens (tertiary/aromatic N) is 5. The first-order valence-electron chi connectivity index (χ1n) is 10.4. The second-order valence-corrected chi connectivity index (χ2v) is 8.39.